The molecule has 7 nitrogen and oxygen atoms in total. The van der Waals surface area contributed by atoms with Gasteiger partial charge in [0.2, 0.25) is 0 Å². The SMILES string of the molecule is COc1cc(-c2ccc(C)cn2)cc2c(NC(C)c3nnc(C)s3)ncnc12. The van der Waals surface area contributed by atoms with Crippen molar-refractivity contribution in [2.24, 2.45) is 0 Å². The lowest BCUT2D eigenvalue weighted by atomic mass is 10.1. The molecule has 28 heavy (non-hydrogen) atoms. The molecule has 1 aromatic carbocycles. The molecule has 1 N–H and O–H groups in total. The lowest BCUT2D eigenvalue weighted by molar-refractivity contribution is 0.419. The van der Waals surface area contributed by atoms with E-state index in [-0.39, 0.29) is 6.04 Å². The van der Waals surface area contributed by atoms with Crippen molar-refractivity contribution in [3.8, 4) is 17.0 Å². The fourth-order valence-electron chi connectivity index (χ4n) is 2.95. The fraction of sp³-hybridized carbons (Fsp3) is 0.250. The molecular formula is C20H20N6OS. The van der Waals surface area contributed by atoms with Crippen LogP contribution in [0.3, 0.4) is 0 Å². The molecule has 3 heterocycles. The first-order valence-electron chi connectivity index (χ1n) is 8.87. The quantitative estimate of drug-likeness (QED) is 0.540. The maximum Gasteiger partial charge on any atom is 0.145 e. The number of aromatic nitrogens is 5. The maximum absolute atomic E-state index is 5.60. The van der Waals surface area contributed by atoms with Crippen molar-refractivity contribution >= 4 is 28.1 Å². The zero-order valence-electron chi connectivity index (χ0n) is 16.1. The predicted octanol–water partition coefficient (Wildman–Crippen LogP) is 4.34. The highest BCUT2D eigenvalue weighted by Gasteiger charge is 2.16. The summed E-state index contributed by atoms with van der Waals surface area (Å²) < 4.78 is 5.60. The number of anilines is 1. The Morgan fingerprint density at radius 1 is 1.07 bits per heavy atom. The minimum atomic E-state index is -0.0311. The van der Waals surface area contributed by atoms with Crippen LogP contribution < -0.4 is 10.1 Å². The molecular weight excluding hydrogens is 372 g/mol. The molecule has 1 atom stereocenters. The third-order valence-corrected chi connectivity index (χ3v) is 5.42. The molecule has 0 saturated heterocycles. The van der Waals surface area contributed by atoms with Crippen LogP contribution in [0.15, 0.2) is 36.8 Å². The van der Waals surface area contributed by atoms with Gasteiger partial charge in [0.05, 0.1) is 18.8 Å². The van der Waals surface area contributed by atoms with Crippen molar-refractivity contribution in [3.63, 3.8) is 0 Å². The molecule has 4 aromatic rings. The molecule has 0 aliphatic heterocycles. The van der Waals surface area contributed by atoms with Gasteiger partial charge >= 0.3 is 0 Å². The summed E-state index contributed by atoms with van der Waals surface area (Å²) in [5, 5.41) is 14.5. The van der Waals surface area contributed by atoms with Crippen LogP contribution in [0.25, 0.3) is 22.2 Å². The Morgan fingerprint density at radius 2 is 1.93 bits per heavy atom. The predicted molar refractivity (Wildman–Crippen MR) is 111 cm³/mol. The van der Waals surface area contributed by atoms with Crippen molar-refractivity contribution in [3.05, 3.63) is 52.4 Å². The lowest BCUT2D eigenvalue weighted by Gasteiger charge is -2.15. The molecule has 0 bridgehead atoms. The third kappa shape index (κ3) is 3.50. The number of nitrogens with zero attached hydrogens (tertiary/aromatic N) is 5. The third-order valence-electron chi connectivity index (χ3n) is 4.40. The van der Waals surface area contributed by atoms with Crippen molar-refractivity contribution in [1.82, 2.24) is 25.1 Å². The normalized spacial score (nSPS) is 12.1. The average Bonchev–Trinajstić information content (AvgIpc) is 3.14. The smallest absolute Gasteiger partial charge is 0.145 e. The first-order valence-corrected chi connectivity index (χ1v) is 9.69. The standard InChI is InChI=1S/C20H20N6OS/c1-11-5-6-16(21-9-11)14-7-15-18(17(8-14)27-4)22-10-23-19(15)24-12(2)20-26-25-13(3)28-20/h5-10,12H,1-4H3,(H,22,23,24). The second-order valence-corrected chi connectivity index (χ2v) is 7.76. The van der Waals surface area contributed by atoms with E-state index in [0.29, 0.717) is 5.75 Å². The van der Waals surface area contributed by atoms with E-state index >= 15 is 0 Å². The summed E-state index contributed by atoms with van der Waals surface area (Å²) in [7, 11) is 1.64. The van der Waals surface area contributed by atoms with E-state index < -0.39 is 0 Å². The first kappa shape index (κ1) is 18.2. The number of pyridine rings is 1. The Hall–Kier alpha value is -3.13. The average molecular weight is 392 g/mol. The largest absolute Gasteiger partial charge is 0.494 e. The summed E-state index contributed by atoms with van der Waals surface area (Å²) in [6, 6.07) is 8.00. The van der Waals surface area contributed by atoms with Gasteiger partial charge in [-0.3, -0.25) is 4.98 Å². The highest BCUT2D eigenvalue weighted by atomic mass is 32.1. The minimum Gasteiger partial charge on any atom is -0.494 e. The Balaban J connectivity index is 1.80. The zero-order chi connectivity index (χ0) is 19.7. The minimum absolute atomic E-state index is 0.0311. The van der Waals surface area contributed by atoms with Crippen LogP contribution in [0.4, 0.5) is 5.82 Å². The molecule has 8 heteroatoms. The van der Waals surface area contributed by atoms with Crippen LogP contribution >= 0.6 is 11.3 Å². The van der Waals surface area contributed by atoms with Crippen molar-refractivity contribution in [2.45, 2.75) is 26.8 Å². The molecule has 0 saturated carbocycles. The monoisotopic (exact) mass is 392 g/mol. The Labute approximate surface area is 166 Å². The molecule has 0 aliphatic rings. The van der Waals surface area contributed by atoms with Crippen LogP contribution in [0.2, 0.25) is 0 Å². The molecule has 142 valence electrons. The summed E-state index contributed by atoms with van der Waals surface area (Å²) in [5.41, 5.74) is 3.68. The molecule has 0 radical (unpaired) electrons. The van der Waals surface area contributed by atoms with Crippen LogP contribution in [-0.2, 0) is 0 Å². The van der Waals surface area contributed by atoms with Gasteiger partial charge in [-0.2, -0.15) is 0 Å². The summed E-state index contributed by atoms with van der Waals surface area (Å²) in [4.78, 5) is 13.4. The second-order valence-electron chi connectivity index (χ2n) is 6.54. The summed E-state index contributed by atoms with van der Waals surface area (Å²) >= 11 is 1.57. The molecule has 1 unspecified atom stereocenters. The Kier molecular flexibility index (Phi) is 4.87. The van der Waals surface area contributed by atoms with E-state index in [1.54, 1.807) is 18.4 Å². The molecule has 0 fully saturated rings. The van der Waals surface area contributed by atoms with Gasteiger partial charge in [-0.05, 0) is 44.5 Å². The number of benzene rings is 1. The van der Waals surface area contributed by atoms with Gasteiger partial charge in [0.15, 0.2) is 0 Å². The number of methoxy groups -OCH3 is 1. The lowest BCUT2D eigenvalue weighted by Crippen LogP contribution is -2.08. The van der Waals surface area contributed by atoms with Crippen LogP contribution in [-0.4, -0.2) is 32.3 Å². The number of aryl methyl sites for hydroxylation is 2. The summed E-state index contributed by atoms with van der Waals surface area (Å²) in [6.45, 7) is 6.00. The van der Waals surface area contributed by atoms with Crippen molar-refractivity contribution < 1.29 is 4.74 Å². The molecule has 3 aromatic heterocycles. The highest BCUT2D eigenvalue weighted by Crippen LogP contribution is 2.34. The highest BCUT2D eigenvalue weighted by molar-refractivity contribution is 7.11. The van der Waals surface area contributed by atoms with Crippen LogP contribution in [0.5, 0.6) is 5.75 Å². The number of hydrogen-bond donors (Lipinski definition) is 1. The van der Waals surface area contributed by atoms with Crippen molar-refractivity contribution in [2.75, 3.05) is 12.4 Å². The van der Waals surface area contributed by atoms with Gasteiger partial charge in [-0.1, -0.05) is 17.4 Å². The van der Waals surface area contributed by atoms with E-state index in [2.05, 4.69) is 30.5 Å². The number of ether oxygens (including phenoxy) is 1. The van der Waals surface area contributed by atoms with Crippen LogP contribution in [0.1, 0.15) is 28.5 Å². The Morgan fingerprint density at radius 3 is 2.61 bits per heavy atom. The van der Waals surface area contributed by atoms with Gasteiger partial charge in [0, 0.05) is 17.1 Å². The maximum atomic E-state index is 5.60. The number of nitrogens with one attached hydrogen (secondary N) is 1. The molecule has 0 spiro atoms. The zero-order valence-corrected chi connectivity index (χ0v) is 16.9. The van der Waals surface area contributed by atoms with E-state index in [1.165, 1.54) is 6.33 Å². The van der Waals surface area contributed by atoms with Crippen LogP contribution in [0, 0.1) is 13.8 Å². The number of rotatable bonds is 5. The van der Waals surface area contributed by atoms with Crippen molar-refractivity contribution in [1.29, 1.82) is 0 Å². The summed E-state index contributed by atoms with van der Waals surface area (Å²) in [6.07, 6.45) is 3.39. The molecule has 4 rings (SSSR count). The number of hydrogen-bond acceptors (Lipinski definition) is 8. The molecule has 0 aliphatic carbocycles. The van der Waals surface area contributed by atoms with E-state index in [1.807, 2.05) is 51.2 Å². The van der Waals surface area contributed by atoms with Gasteiger partial charge in [-0.15, -0.1) is 10.2 Å². The second kappa shape index (κ2) is 7.47. The molecule has 0 amide bonds. The fourth-order valence-corrected chi connectivity index (χ4v) is 3.65. The van der Waals surface area contributed by atoms with Gasteiger partial charge < -0.3 is 10.1 Å². The topological polar surface area (TPSA) is 85.7 Å². The van der Waals surface area contributed by atoms with E-state index in [9.17, 15) is 0 Å². The summed E-state index contributed by atoms with van der Waals surface area (Å²) in [5.74, 6) is 1.40. The van der Waals surface area contributed by atoms with E-state index in [0.717, 1.165) is 43.6 Å². The van der Waals surface area contributed by atoms with Gasteiger partial charge in [-0.25, -0.2) is 9.97 Å². The number of fused-ring (bicyclic) bond motifs is 1. The van der Waals surface area contributed by atoms with E-state index in [4.69, 9.17) is 4.74 Å². The van der Waals surface area contributed by atoms with Gasteiger partial charge in [0.1, 0.15) is 33.4 Å². The first-order chi connectivity index (χ1) is 13.5. The van der Waals surface area contributed by atoms with Gasteiger partial charge in [0.25, 0.3) is 0 Å². The Bertz CT molecular complexity index is 1130.